The highest BCUT2D eigenvalue weighted by atomic mass is 32.2. The molecule has 2 fully saturated rings. The Morgan fingerprint density at radius 3 is 2.97 bits per heavy atom. The van der Waals surface area contributed by atoms with E-state index in [0.29, 0.717) is 31.0 Å². The third-order valence-electron chi connectivity index (χ3n) is 5.45. The lowest BCUT2D eigenvalue weighted by atomic mass is 10.0. The summed E-state index contributed by atoms with van der Waals surface area (Å²) >= 11 is 2.30. The number of hydrazone groups is 1. The van der Waals surface area contributed by atoms with Gasteiger partial charge in [-0.2, -0.15) is 14.5 Å². The van der Waals surface area contributed by atoms with Gasteiger partial charge >= 0.3 is 5.97 Å². The van der Waals surface area contributed by atoms with E-state index in [1.165, 1.54) is 18.0 Å². The minimum atomic E-state index is -1.24. The van der Waals surface area contributed by atoms with Crippen molar-refractivity contribution in [3.63, 3.8) is 0 Å². The van der Waals surface area contributed by atoms with Gasteiger partial charge in [-0.3, -0.25) is 20.5 Å². The first kappa shape index (κ1) is 26.9. The number of oxime groups is 1. The van der Waals surface area contributed by atoms with Gasteiger partial charge in [-0.1, -0.05) is 5.16 Å². The molecule has 0 spiro atoms. The SMILES string of the molecule is Nc1nc(/C(=N\OCF)C(=O)NC2CN3C(C(=O)O)=C(/C=N/N4CCNC4NNCCO)CSC23)ns1. The number of carboxylic acids is 1. The molecule has 37 heavy (non-hydrogen) atoms. The summed E-state index contributed by atoms with van der Waals surface area (Å²) < 4.78 is 16.4. The molecule has 1 aromatic heterocycles. The molecule has 0 saturated carbocycles. The van der Waals surface area contributed by atoms with Crippen molar-refractivity contribution in [2.24, 2.45) is 10.3 Å². The van der Waals surface area contributed by atoms with Gasteiger partial charge in [0.25, 0.3) is 12.8 Å². The van der Waals surface area contributed by atoms with E-state index >= 15 is 0 Å². The highest BCUT2D eigenvalue weighted by Crippen LogP contribution is 2.39. The fraction of sp³-hybridized carbons (Fsp3) is 0.556. The van der Waals surface area contributed by atoms with Crippen LogP contribution in [0.25, 0.3) is 0 Å². The molecule has 0 radical (unpaired) electrons. The monoisotopic (exact) mass is 559 g/mol. The van der Waals surface area contributed by atoms with E-state index in [2.05, 4.69) is 45.9 Å². The molecular formula is C18H26FN11O5S2. The van der Waals surface area contributed by atoms with Crippen LogP contribution in [0.4, 0.5) is 9.52 Å². The van der Waals surface area contributed by atoms with Gasteiger partial charge in [0.05, 0.1) is 30.8 Å². The zero-order valence-corrected chi connectivity index (χ0v) is 21.0. The average molecular weight is 560 g/mol. The summed E-state index contributed by atoms with van der Waals surface area (Å²) in [5.41, 5.74) is 11.7. The van der Waals surface area contributed by atoms with Crippen LogP contribution in [0.3, 0.4) is 0 Å². The predicted molar refractivity (Wildman–Crippen MR) is 133 cm³/mol. The molecule has 19 heteroatoms. The molecule has 8 N–H and O–H groups in total. The predicted octanol–water partition coefficient (Wildman–Crippen LogP) is -2.76. The van der Waals surface area contributed by atoms with Crippen molar-refractivity contribution < 1.29 is 29.0 Å². The fourth-order valence-corrected chi connectivity index (χ4v) is 5.58. The van der Waals surface area contributed by atoms with Crippen molar-refractivity contribution in [2.45, 2.75) is 17.7 Å². The summed E-state index contributed by atoms with van der Waals surface area (Å²) in [5, 5.41) is 34.2. The maximum absolute atomic E-state index is 12.8. The molecule has 16 nitrogen and oxygen atoms in total. The number of hydrogen-bond donors (Lipinski definition) is 7. The molecule has 0 aliphatic carbocycles. The number of fused-ring (bicyclic) bond motifs is 1. The van der Waals surface area contributed by atoms with Crippen LogP contribution in [0.2, 0.25) is 0 Å². The summed E-state index contributed by atoms with van der Waals surface area (Å²) in [6, 6.07) is -0.411. The lowest BCUT2D eigenvalue weighted by molar-refractivity contribution is -0.135. The average Bonchev–Trinajstić information content (AvgIpc) is 3.50. The van der Waals surface area contributed by atoms with Crippen molar-refractivity contribution in [3.05, 3.63) is 17.1 Å². The Kier molecular flexibility index (Phi) is 9.05. The van der Waals surface area contributed by atoms with Crippen molar-refractivity contribution in [3.8, 4) is 0 Å². The number of aromatic nitrogens is 2. The molecule has 4 rings (SSSR count). The van der Waals surface area contributed by atoms with Gasteiger partial charge in [0.15, 0.2) is 11.4 Å². The molecule has 2 saturated heterocycles. The Hall–Kier alpha value is -3.10. The van der Waals surface area contributed by atoms with Crippen LogP contribution in [0.5, 0.6) is 0 Å². The van der Waals surface area contributed by atoms with Gasteiger partial charge in [-0.15, -0.1) is 11.8 Å². The number of carbonyl (C=O) groups excluding carboxylic acids is 1. The number of alkyl halides is 1. The van der Waals surface area contributed by atoms with Crippen LogP contribution in [0.15, 0.2) is 21.5 Å². The maximum Gasteiger partial charge on any atom is 0.352 e. The van der Waals surface area contributed by atoms with E-state index < -0.39 is 24.8 Å². The fourth-order valence-electron chi connectivity index (χ4n) is 3.82. The van der Waals surface area contributed by atoms with E-state index in [9.17, 15) is 19.1 Å². The minimum absolute atomic E-state index is 0.0244. The molecule has 0 aromatic carbocycles. The smallest absolute Gasteiger partial charge is 0.352 e. The molecule has 3 aliphatic rings. The lowest BCUT2D eigenvalue weighted by Crippen LogP contribution is -2.67. The zero-order valence-electron chi connectivity index (χ0n) is 19.3. The van der Waals surface area contributed by atoms with Crippen LogP contribution in [-0.4, -0.2) is 116 Å². The molecule has 4 heterocycles. The molecule has 3 unspecified atom stereocenters. The van der Waals surface area contributed by atoms with Gasteiger partial charge in [-0.25, -0.2) is 14.6 Å². The number of thioether (sulfide) groups is 1. The second-order valence-electron chi connectivity index (χ2n) is 7.81. The second-order valence-corrected chi connectivity index (χ2v) is 9.69. The minimum Gasteiger partial charge on any atom is -0.477 e. The van der Waals surface area contributed by atoms with Crippen LogP contribution in [0.1, 0.15) is 5.82 Å². The summed E-state index contributed by atoms with van der Waals surface area (Å²) in [5.74, 6) is -1.53. The Morgan fingerprint density at radius 2 is 2.27 bits per heavy atom. The Balaban J connectivity index is 1.41. The summed E-state index contributed by atoms with van der Waals surface area (Å²) in [7, 11) is 0. The molecule has 0 bridgehead atoms. The summed E-state index contributed by atoms with van der Waals surface area (Å²) in [6.45, 7) is 0.603. The molecule has 3 atom stereocenters. The van der Waals surface area contributed by atoms with Gasteiger partial charge in [0.2, 0.25) is 11.5 Å². The molecule has 1 amide bonds. The highest BCUT2D eigenvalue weighted by Gasteiger charge is 2.47. The number of halogens is 1. The maximum atomic E-state index is 12.8. The van der Waals surface area contributed by atoms with Gasteiger partial charge in [0.1, 0.15) is 5.70 Å². The molecule has 1 aromatic rings. The van der Waals surface area contributed by atoms with Crippen molar-refractivity contribution in [1.29, 1.82) is 0 Å². The summed E-state index contributed by atoms with van der Waals surface area (Å²) in [4.78, 5) is 34.9. The first-order valence-electron chi connectivity index (χ1n) is 11.1. The number of nitrogens with zero attached hydrogens (tertiary/aromatic N) is 6. The largest absolute Gasteiger partial charge is 0.477 e. The van der Waals surface area contributed by atoms with Crippen molar-refractivity contribution in [2.75, 3.05) is 51.1 Å². The topological polar surface area (TPSA) is 215 Å². The van der Waals surface area contributed by atoms with Crippen LogP contribution in [-0.2, 0) is 14.4 Å². The number of nitrogen functional groups attached to an aromatic ring is 1. The Labute approximate surface area is 218 Å². The highest BCUT2D eigenvalue weighted by molar-refractivity contribution is 8.00. The number of rotatable bonds is 12. The standard InChI is InChI=1S/C18H26FN11O5S2/c19-8-35-27-11(13-25-17(20)37-28-13)14(32)24-10-6-29-12(16(33)34)9(7-36-15(10)29)5-23-30-3-1-21-18(30)26-22-2-4-31/h5,10,15,18,21-22,26,31H,1-4,6-8H2,(H,24,32)(H,33,34)(H2,20,25,28)/b23-5+,27-11+. The number of amides is 1. The normalized spacial score (nSPS) is 23.8. The number of hydrazine groups is 1. The Morgan fingerprint density at radius 1 is 1.43 bits per heavy atom. The number of nitrogens with one attached hydrogen (secondary N) is 4. The lowest BCUT2D eigenvalue weighted by Gasteiger charge is -2.51. The first-order valence-corrected chi connectivity index (χ1v) is 12.9. The third kappa shape index (κ3) is 6.25. The zero-order chi connectivity index (χ0) is 26.4. The summed E-state index contributed by atoms with van der Waals surface area (Å²) in [6.07, 6.45) is 1.22. The molecular weight excluding hydrogens is 533 g/mol. The number of aliphatic hydroxyl groups is 1. The van der Waals surface area contributed by atoms with Crippen LogP contribution in [0, 0.1) is 0 Å². The van der Waals surface area contributed by atoms with Gasteiger partial charge < -0.3 is 31.0 Å². The van der Waals surface area contributed by atoms with Crippen molar-refractivity contribution >= 4 is 52.2 Å². The molecule has 202 valence electrons. The number of carbonyl (C=O) groups is 2. The first-order chi connectivity index (χ1) is 17.9. The molecule has 3 aliphatic heterocycles. The Bertz CT molecular complexity index is 1090. The van der Waals surface area contributed by atoms with E-state index in [-0.39, 0.29) is 47.2 Å². The van der Waals surface area contributed by atoms with Crippen LogP contribution < -0.4 is 27.2 Å². The van der Waals surface area contributed by atoms with Crippen molar-refractivity contribution in [1.82, 2.24) is 40.8 Å². The van der Waals surface area contributed by atoms with E-state index in [1.54, 1.807) is 9.91 Å². The van der Waals surface area contributed by atoms with Gasteiger partial charge in [0, 0.05) is 42.5 Å². The van der Waals surface area contributed by atoms with E-state index in [1.807, 2.05) is 0 Å². The number of aliphatic hydroxyl groups excluding tert-OH is 1. The quantitative estimate of drug-likeness (QED) is 0.0785. The second kappa shape index (κ2) is 12.4. The third-order valence-corrected chi connectivity index (χ3v) is 7.40. The van der Waals surface area contributed by atoms with Gasteiger partial charge in [-0.05, 0) is 0 Å². The number of carboxylic acid groups (broad SMARTS) is 1. The van der Waals surface area contributed by atoms with Crippen LogP contribution >= 0.6 is 23.3 Å². The number of anilines is 1. The van der Waals surface area contributed by atoms with E-state index in [0.717, 1.165) is 11.5 Å². The number of aliphatic carboxylic acids is 1. The number of nitrogens with two attached hydrogens (primary N) is 1. The van der Waals surface area contributed by atoms with E-state index in [4.69, 9.17) is 10.8 Å². The number of hydrogen-bond acceptors (Lipinski definition) is 16.